The van der Waals surface area contributed by atoms with Crippen molar-refractivity contribution in [1.82, 2.24) is 0 Å². The molecule has 0 saturated heterocycles. The number of rotatable bonds is 3. The third kappa shape index (κ3) is 3.40. The molecule has 0 unspecified atom stereocenters. The summed E-state index contributed by atoms with van der Waals surface area (Å²) in [6, 6.07) is 19.3. The van der Waals surface area contributed by atoms with Crippen molar-refractivity contribution in [2.24, 2.45) is 0 Å². The number of urea groups is 1. The number of carbonyl (C=O) groups excluding carboxylic acids is 1. The Kier molecular flexibility index (Phi) is 4.67. The minimum absolute atomic E-state index is 0.131. The topological polar surface area (TPSA) is 57.7 Å². The Balaban J connectivity index is 1.89. The highest BCUT2D eigenvalue weighted by Gasteiger charge is 2.42. The number of hydrogen-bond donors (Lipinski definition) is 0. The van der Waals surface area contributed by atoms with Crippen LogP contribution in [0.15, 0.2) is 71.6 Å². The first kappa shape index (κ1) is 19.2. The highest BCUT2D eigenvalue weighted by atomic mass is 32.2. The van der Waals surface area contributed by atoms with Gasteiger partial charge in [0.25, 0.3) is 10.0 Å². The maximum Gasteiger partial charge on any atom is 0.343 e. The van der Waals surface area contributed by atoms with Gasteiger partial charge in [-0.15, -0.1) is 0 Å². The third-order valence-corrected chi connectivity index (χ3v) is 6.69. The number of fused-ring (bicyclic) bond motifs is 1. The molecule has 3 aromatic rings. The molecule has 29 heavy (non-hydrogen) atoms. The molecule has 0 spiro atoms. The molecule has 6 heteroatoms. The quantitative estimate of drug-likeness (QED) is 0.619. The summed E-state index contributed by atoms with van der Waals surface area (Å²) >= 11 is 0. The summed E-state index contributed by atoms with van der Waals surface area (Å²) in [4.78, 5) is 15.2. The summed E-state index contributed by atoms with van der Waals surface area (Å²) in [7, 11) is -4.01. The molecule has 0 aliphatic carbocycles. The minimum atomic E-state index is -4.01. The Morgan fingerprint density at radius 2 is 1.48 bits per heavy atom. The first-order valence-electron chi connectivity index (χ1n) is 9.37. The van der Waals surface area contributed by atoms with Crippen LogP contribution < -0.4 is 9.21 Å². The summed E-state index contributed by atoms with van der Waals surface area (Å²) in [5.74, 6) is 0. The maximum atomic E-state index is 13.5. The second kappa shape index (κ2) is 7.04. The normalized spacial score (nSPS) is 15.3. The van der Waals surface area contributed by atoms with Gasteiger partial charge in [-0.2, -0.15) is 4.31 Å². The Bertz CT molecular complexity index is 1200. The van der Waals surface area contributed by atoms with E-state index in [1.807, 2.05) is 51.1 Å². The van der Waals surface area contributed by atoms with Crippen LogP contribution in [0.4, 0.5) is 16.2 Å². The molecular formula is C23H22N2O3S. The molecule has 0 atom stereocenters. The first-order chi connectivity index (χ1) is 13.8. The lowest BCUT2D eigenvalue weighted by Gasteiger charge is -2.36. The Labute approximate surface area is 171 Å². The van der Waals surface area contributed by atoms with Gasteiger partial charge < -0.3 is 0 Å². The van der Waals surface area contributed by atoms with E-state index >= 15 is 0 Å². The molecule has 0 aromatic heterocycles. The van der Waals surface area contributed by atoms with E-state index in [1.54, 1.807) is 36.4 Å². The third-order valence-electron chi connectivity index (χ3n) is 4.94. The molecular weight excluding hydrogens is 384 g/mol. The van der Waals surface area contributed by atoms with Crippen LogP contribution in [0.3, 0.4) is 0 Å². The van der Waals surface area contributed by atoms with E-state index in [1.165, 1.54) is 4.90 Å². The Hall–Kier alpha value is -3.12. The average Bonchev–Trinajstić information content (AvgIpc) is 2.64. The van der Waals surface area contributed by atoms with Crippen LogP contribution in [0.1, 0.15) is 22.3 Å². The van der Waals surface area contributed by atoms with Crippen LogP contribution in [0.2, 0.25) is 0 Å². The van der Waals surface area contributed by atoms with E-state index in [0.29, 0.717) is 11.4 Å². The van der Waals surface area contributed by atoms with E-state index in [0.717, 1.165) is 26.6 Å². The molecule has 0 fully saturated rings. The molecule has 2 amide bonds. The summed E-state index contributed by atoms with van der Waals surface area (Å²) in [6.07, 6.45) is 0. The van der Waals surface area contributed by atoms with Crippen molar-refractivity contribution >= 4 is 27.4 Å². The zero-order valence-electron chi connectivity index (χ0n) is 16.6. The van der Waals surface area contributed by atoms with Crippen LogP contribution >= 0.6 is 0 Å². The summed E-state index contributed by atoms with van der Waals surface area (Å²) < 4.78 is 27.7. The zero-order chi connectivity index (χ0) is 20.8. The fraction of sp³-hybridized carbons (Fsp3) is 0.174. The van der Waals surface area contributed by atoms with Gasteiger partial charge >= 0.3 is 6.03 Å². The number of nitrogens with zero attached hydrogens (tertiary/aromatic N) is 2. The van der Waals surface area contributed by atoms with Crippen molar-refractivity contribution in [1.29, 1.82) is 0 Å². The summed E-state index contributed by atoms with van der Waals surface area (Å²) in [6.45, 7) is 6.04. The second-order valence-corrected chi connectivity index (χ2v) is 9.20. The molecule has 1 heterocycles. The molecule has 3 aromatic carbocycles. The maximum absolute atomic E-state index is 13.5. The molecule has 0 radical (unpaired) electrons. The number of carbonyl (C=O) groups is 1. The lowest BCUT2D eigenvalue weighted by molar-refractivity contribution is 0.253. The van der Waals surface area contributed by atoms with E-state index in [4.69, 9.17) is 0 Å². The van der Waals surface area contributed by atoms with Crippen molar-refractivity contribution in [3.05, 3.63) is 89.0 Å². The largest absolute Gasteiger partial charge is 0.343 e. The lowest BCUT2D eigenvalue weighted by Crippen LogP contribution is -2.50. The molecule has 148 valence electrons. The van der Waals surface area contributed by atoms with E-state index < -0.39 is 16.1 Å². The van der Waals surface area contributed by atoms with Crippen molar-refractivity contribution < 1.29 is 13.2 Å². The number of sulfonamides is 1. The van der Waals surface area contributed by atoms with Gasteiger partial charge in [0, 0.05) is 0 Å². The average molecular weight is 407 g/mol. The number of benzene rings is 3. The minimum Gasteiger partial charge on any atom is -0.287 e. The molecule has 4 rings (SSSR count). The fourth-order valence-corrected chi connectivity index (χ4v) is 5.35. The van der Waals surface area contributed by atoms with Crippen LogP contribution in [-0.2, 0) is 16.6 Å². The summed E-state index contributed by atoms with van der Waals surface area (Å²) in [5, 5.41) is 0. The number of para-hydroxylation sites is 1. The molecule has 1 aliphatic heterocycles. The van der Waals surface area contributed by atoms with Crippen LogP contribution in [0.25, 0.3) is 0 Å². The highest BCUT2D eigenvalue weighted by molar-refractivity contribution is 7.94. The van der Waals surface area contributed by atoms with Crippen LogP contribution in [0, 0.1) is 20.8 Å². The molecule has 0 bridgehead atoms. The van der Waals surface area contributed by atoms with Crippen molar-refractivity contribution in [3.63, 3.8) is 0 Å². The SMILES string of the molecule is Cc1cccc(CN2C(=O)N(c3cc(C)cc(C)c3)S(=O)(=O)c3ccccc32)c1. The van der Waals surface area contributed by atoms with Crippen molar-refractivity contribution in [2.45, 2.75) is 32.2 Å². The van der Waals surface area contributed by atoms with Crippen LogP contribution in [0.5, 0.6) is 0 Å². The van der Waals surface area contributed by atoms with Crippen molar-refractivity contribution in [2.75, 3.05) is 9.21 Å². The van der Waals surface area contributed by atoms with E-state index in [9.17, 15) is 13.2 Å². The monoisotopic (exact) mass is 406 g/mol. The highest BCUT2D eigenvalue weighted by Crippen LogP contribution is 2.38. The summed E-state index contributed by atoms with van der Waals surface area (Å²) in [5.41, 5.74) is 4.57. The Morgan fingerprint density at radius 1 is 0.793 bits per heavy atom. The Morgan fingerprint density at radius 3 is 2.17 bits per heavy atom. The van der Waals surface area contributed by atoms with Gasteiger partial charge in [0.1, 0.15) is 4.90 Å². The van der Waals surface area contributed by atoms with Gasteiger partial charge in [0.2, 0.25) is 0 Å². The van der Waals surface area contributed by atoms with Gasteiger partial charge in [-0.1, -0.05) is 48.0 Å². The molecule has 5 nitrogen and oxygen atoms in total. The molecule has 1 aliphatic rings. The van der Waals surface area contributed by atoms with Gasteiger partial charge in [-0.25, -0.2) is 13.2 Å². The number of anilines is 2. The smallest absolute Gasteiger partial charge is 0.287 e. The zero-order valence-corrected chi connectivity index (χ0v) is 17.4. The van der Waals surface area contributed by atoms with Gasteiger partial charge in [0.05, 0.1) is 17.9 Å². The van der Waals surface area contributed by atoms with E-state index in [2.05, 4.69) is 0 Å². The van der Waals surface area contributed by atoms with Crippen LogP contribution in [-0.4, -0.2) is 14.4 Å². The number of amides is 2. The second-order valence-electron chi connectivity index (χ2n) is 7.44. The first-order valence-corrected chi connectivity index (χ1v) is 10.8. The predicted molar refractivity (Wildman–Crippen MR) is 115 cm³/mol. The van der Waals surface area contributed by atoms with Gasteiger partial charge in [0.15, 0.2) is 0 Å². The van der Waals surface area contributed by atoms with Gasteiger partial charge in [-0.3, -0.25) is 4.90 Å². The predicted octanol–water partition coefficient (Wildman–Crippen LogP) is 4.95. The number of hydrogen-bond acceptors (Lipinski definition) is 3. The lowest BCUT2D eigenvalue weighted by atomic mass is 10.1. The van der Waals surface area contributed by atoms with E-state index in [-0.39, 0.29) is 11.4 Å². The molecule has 0 N–H and O–H groups in total. The fourth-order valence-electron chi connectivity index (χ4n) is 3.78. The van der Waals surface area contributed by atoms with Crippen molar-refractivity contribution in [3.8, 4) is 0 Å². The van der Waals surface area contributed by atoms with Gasteiger partial charge in [-0.05, 0) is 61.7 Å². The molecule has 0 saturated carbocycles. The number of aryl methyl sites for hydroxylation is 3. The standard InChI is InChI=1S/C23H22N2O3S/c1-16-7-6-8-19(12-16)15-24-21-9-4-5-10-22(21)29(27,28)25(23(24)26)20-13-17(2)11-18(3)14-20/h4-14H,15H2,1-3H3.